The third kappa shape index (κ3) is 3.06. The highest BCUT2D eigenvalue weighted by atomic mass is 32.1. The Bertz CT molecular complexity index is 639. The summed E-state index contributed by atoms with van der Waals surface area (Å²) in [6.45, 7) is 4.00. The van der Waals surface area contributed by atoms with Crippen molar-refractivity contribution in [1.82, 2.24) is 20.2 Å². The third-order valence-electron chi connectivity index (χ3n) is 3.37. The zero-order chi connectivity index (χ0) is 13.9. The Labute approximate surface area is 120 Å². The fourth-order valence-electron chi connectivity index (χ4n) is 2.35. The second kappa shape index (κ2) is 6.01. The van der Waals surface area contributed by atoms with Crippen molar-refractivity contribution in [3.05, 3.63) is 27.6 Å². The van der Waals surface area contributed by atoms with E-state index in [4.69, 9.17) is 4.74 Å². The average molecular weight is 294 g/mol. The first-order valence-electron chi connectivity index (χ1n) is 6.69. The zero-order valence-electron chi connectivity index (χ0n) is 11.4. The molecule has 0 aromatic carbocycles. The van der Waals surface area contributed by atoms with Crippen molar-refractivity contribution in [2.24, 2.45) is 0 Å². The van der Waals surface area contributed by atoms with Gasteiger partial charge >= 0.3 is 0 Å². The van der Waals surface area contributed by atoms with Gasteiger partial charge in [0.1, 0.15) is 10.5 Å². The van der Waals surface area contributed by atoms with Gasteiger partial charge in [-0.05, 0) is 18.5 Å². The molecule has 3 heterocycles. The van der Waals surface area contributed by atoms with E-state index in [0.29, 0.717) is 17.1 Å². The predicted octanol–water partition coefficient (Wildman–Crippen LogP) is 0.405. The summed E-state index contributed by atoms with van der Waals surface area (Å²) in [7, 11) is 2.10. The molecule has 1 aliphatic rings. The third-order valence-corrected chi connectivity index (χ3v) is 4.27. The second-order valence-corrected chi connectivity index (χ2v) is 5.95. The number of aromatic nitrogens is 2. The van der Waals surface area contributed by atoms with Gasteiger partial charge in [-0.1, -0.05) is 0 Å². The van der Waals surface area contributed by atoms with Crippen LogP contribution in [0.4, 0.5) is 0 Å². The molecule has 2 N–H and O–H groups in total. The van der Waals surface area contributed by atoms with E-state index >= 15 is 0 Å². The van der Waals surface area contributed by atoms with E-state index < -0.39 is 0 Å². The molecule has 108 valence electrons. The summed E-state index contributed by atoms with van der Waals surface area (Å²) in [5, 5.41) is 5.18. The number of aromatic amines is 1. The van der Waals surface area contributed by atoms with Crippen LogP contribution in [0.15, 0.2) is 16.2 Å². The summed E-state index contributed by atoms with van der Waals surface area (Å²) in [4.78, 5) is 21.3. The van der Waals surface area contributed by atoms with E-state index in [1.165, 1.54) is 11.3 Å². The lowest BCUT2D eigenvalue weighted by Gasteiger charge is -2.30. The number of morpholine rings is 1. The molecule has 1 atom stereocenters. The molecule has 3 rings (SSSR count). The number of hydrogen-bond acceptors (Lipinski definition) is 6. The molecule has 1 aliphatic heterocycles. The minimum atomic E-state index is -0.0598. The highest BCUT2D eigenvalue weighted by molar-refractivity contribution is 7.17. The molecule has 1 unspecified atom stereocenters. The van der Waals surface area contributed by atoms with Crippen molar-refractivity contribution in [2.75, 3.05) is 33.3 Å². The fourth-order valence-corrected chi connectivity index (χ4v) is 3.07. The Morgan fingerprint density at radius 1 is 1.65 bits per heavy atom. The summed E-state index contributed by atoms with van der Waals surface area (Å²) in [6.07, 6.45) is 0.199. The minimum Gasteiger partial charge on any atom is -0.374 e. The quantitative estimate of drug-likeness (QED) is 0.854. The highest BCUT2D eigenvalue weighted by Crippen LogP contribution is 2.13. The molecule has 2 aromatic heterocycles. The molecule has 0 bridgehead atoms. The fraction of sp³-hybridized carbons (Fsp3) is 0.538. The van der Waals surface area contributed by atoms with Gasteiger partial charge in [0, 0.05) is 19.6 Å². The van der Waals surface area contributed by atoms with Crippen molar-refractivity contribution in [1.29, 1.82) is 0 Å². The van der Waals surface area contributed by atoms with Gasteiger partial charge in [0.15, 0.2) is 0 Å². The van der Waals surface area contributed by atoms with Crippen LogP contribution in [-0.4, -0.2) is 54.3 Å². The number of H-pyrrole nitrogens is 1. The van der Waals surface area contributed by atoms with Crippen molar-refractivity contribution < 1.29 is 4.74 Å². The number of nitrogens with one attached hydrogen (secondary N) is 2. The maximum atomic E-state index is 11.8. The Hall–Kier alpha value is -1.28. The van der Waals surface area contributed by atoms with Gasteiger partial charge in [0.2, 0.25) is 0 Å². The molecular weight excluding hydrogens is 276 g/mol. The summed E-state index contributed by atoms with van der Waals surface area (Å²) >= 11 is 1.42. The largest absolute Gasteiger partial charge is 0.374 e. The van der Waals surface area contributed by atoms with Gasteiger partial charge < -0.3 is 19.9 Å². The first-order chi connectivity index (χ1) is 9.72. The molecule has 0 aliphatic carbocycles. The Morgan fingerprint density at radius 2 is 2.55 bits per heavy atom. The lowest BCUT2D eigenvalue weighted by atomic mass is 10.3. The van der Waals surface area contributed by atoms with Gasteiger partial charge in [0.25, 0.3) is 5.56 Å². The maximum absolute atomic E-state index is 11.8. The first kappa shape index (κ1) is 13.7. The number of nitrogens with zero attached hydrogens (tertiary/aromatic N) is 2. The smallest absolute Gasteiger partial charge is 0.268 e. The SMILES string of the molecule is CN1CCOC(CNCc2nc3ccsc3c(=O)[nH]2)C1. The molecular formula is C13H18N4O2S. The van der Waals surface area contributed by atoms with Crippen molar-refractivity contribution >= 4 is 21.6 Å². The van der Waals surface area contributed by atoms with Crippen LogP contribution in [0, 0.1) is 0 Å². The molecule has 20 heavy (non-hydrogen) atoms. The van der Waals surface area contributed by atoms with Crippen LogP contribution in [-0.2, 0) is 11.3 Å². The van der Waals surface area contributed by atoms with Crippen molar-refractivity contribution in [3.63, 3.8) is 0 Å². The molecule has 1 fully saturated rings. The summed E-state index contributed by atoms with van der Waals surface area (Å²) < 4.78 is 6.36. The van der Waals surface area contributed by atoms with Gasteiger partial charge in [-0.25, -0.2) is 4.98 Å². The van der Waals surface area contributed by atoms with E-state index in [1.54, 1.807) is 0 Å². The van der Waals surface area contributed by atoms with Gasteiger partial charge in [-0.2, -0.15) is 0 Å². The van der Waals surface area contributed by atoms with E-state index in [0.717, 1.165) is 31.8 Å². The highest BCUT2D eigenvalue weighted by Gasteiger charge is 2.17. The van der Waals surface area contributed by atoms with Crippen LogP contribution >= 0.6 is 11.3 Å². The number of hydrogen-bond donors (Lipinski definition) is 2. The molecule has 0 spiro atoms. The first-order valence-corrected chi connectivity index (χ1v) is 7.57. The molecule has 0 saturated carbocycles. The van der Waals surface area contributed by atoms with Gasteiger partial charge in [0.05, 0.1) is 24.8 Å². The predicted molar refractivity (Wildman–Crippen MR) is 79.2 cm³/mol. The number of thiophene rings is 1. The van der Waals surface area contributed by atoms with Crippen LogP contribution in [0.2, 0.25) is 0 Å². The molecule has 7 heteroatoms. The Kier molecular flexibility index (Phi) is 4.11. The topological polar surface area (TPSA) is 70.2 Å². The van der Waals surface area contributed by atoms with E-state index in [-0.39, 0.29) is 11.7 Å². The standard InChI is InChI=1S/C13H18N4O2S/c1-17-3-4-19-9(8-17)6-14-7-11-15-10-2-5-20-12(10)13(18)16-11/h2,5,9,14H,3-4,6-8H2,1H3,(H,15,16,18). The van der Waals surface area contributed by atoms with E-state index in [2.05, 4.69) is 27.2 Å². The Morgan fingerprint density at radius 3 is 3.40 bits per heavy atom. The molecule has 2 aromatic rings. The minimum absolute atomic E-state index is 0.0598. The number of fused-ring (bicyclic) bond motifs is 1. The Balaban J connectivity index is 1.58. The molecule has 0 radical (unpaired) electrons. The zero-order valence-corrected chi connectivity index (χ0v) is 12.2. The van der Waals surface area contributed by atoms with Gasteiger partial charge in [-0.15, -0.1) is 11.3 Å². The van der Waals surface area contributed by atoms with Crippen LogP contribution < -0.4 is 10.9 Å². The number of rotatable bonds is 4. The lowest BCUT2D eigenvalue weighted by Crippen LogP contribution is -2.44. The van der Waals surface area contributed by atoms with E-state index in [9.17, 15) is 4.79 Å². The molecule has 0 amide bonds. The summed E-state index contributed by atoms with van der Waals surface area (Å²) in [5.74, 6) is 0.671. The second-order valence-electron chi connectivity index (χ2n) is 5.03. The number of likely N-dealkylation sites (N-methyl/N-ethyl adjacent to an activating group) is 1. The normalized spacial score (nSPS) is 20.6. The van der Waals surface area contributed by atoms with Crippen LogP contribution in [0.3, 0.4) is 0 Å². The lowest BCUT2D eigenvalue weighted by molar-refractivity contribution is -0.0182. The average Bonchev–Trinajstić information content (AvgIpc) is 2.88. The van der Waals surface area contributed by atoms with Gasteiger partial charge in [-0.3, -0.25) is 4.79 Å². The maximum Gasteiger partial charge on any atom is 0.268 e. The molecule has 1 saturated heterocycles. The molecule has 6 nitrogen and oxygen atoms in total. The summed E-state index contributed by atoms with van der Waals surface area (Å²) in [6, 6.07) is 1.87. The summed E-state index contributed by atoms with van der Waals surface area (Å²) in [5.41, 5.74) is 0.708. The van der Waals surface area contributed by atoms with E-state index in [1.807, 2.05) is 11.4 Å². The van der Waals surface area contributed by atoms with Crippen molar-refractivity contribution in [2.45, 2.75) is 12.6 Å². The van der Waals surface area contributed by atoms with Crippen LogP contribution in [0.5, 0.6) is 0 Å². The van der Waals surface area contributed by atoms with Crippen LogP contribution in [0.1, 0.15) is 5.82 Å². The number of ether oxygens (including phenoxy) is 1. The van der Waals surface area contributed by atoms with Crippen molar-refractivity contribution in [3.8, 4) is 0 Å². The van der Waals surface area contributed by atoms with Crippen LogP contribution in [0.25, 0.3) is 10.2 Å². The monoisotopic (exact) mass is 294 g/mol.